The van der Waals surface area contributed by atoms with Crippen molar-refractivity contribution in [3.63, 3.8) is 0 Å². The lowest BCUT2D eigenvalue weighted by molar-refractivity contribution is -0.163. The minimum Gasteiger partial charge on any atom is -0.465 e. The van der Waals surface area contributed by atoms with E-state index in [2.05, 4.69) is 15.2 Å². The molecular weight excluding hydrogens is 460 g/mol. The third-order valence-electron chi connectivity index (χ3n) is 5.86. The van der Waals surface area contributed by atoms with E-state index in [0.29, 0.717) is 29.5 Å². The maximum Gasteiger partial charge on any atom is 0.327 e. The Morgan fingerprint density at radius 3 is 2.33 bits per heavy atom. The molecule has 0 saturated carbocycles. The fraction of sp³-hybridized carbons (Fsp3) is 0.296. The van der Waals surface area contributed by atoms with E-state index in [1.807, 2.05) is 49.4 Å². The van der Waals surface area contributed by atoms with Gasteiger partial charge in [-0.2, -0.15) is 10.1 Å². The number of rotatable bonds is 9. The summed E-state index contributed by atoms with van der Waals surface area (Å²) in [5.74, 6) is -0.489. The Balaban J connectivity index is 1.60. The molecule has 4 rings (SSSR count). The summed E-state index contributed by atoms with van der Waals surface area (Å²) in [7, 11) is 0. The van der Waals surface area contributed by atoms with E-state index in [0.717, 1.165) is 16.8 Å². The standard InChI is InChI=1S/C27H28N4O5/c1-5-34-25(32)27(4,26(33)35-6-2)21-14-10-11-19(16-21)17-31-18(3)15-22(29-31)24-28-23(30-36-24)20-12-8-7-9-13-20/h7-16H,5-6,17H2,1-4H3. The molecule has 9 nitrogen and oxygen atoms in total. The van der Waals surface area contributed by atoms with Gasteiger partial charge in [0, 0.05) is 11.3 Å². The van der Waals surface area contributed by atoms with Crippen molar-refractivity contribution in [3.05, 3.63) is 77.5 Å². The summed E-state index contributed by atoms with van der Waals surface area (Å²) in [6.07, 6.45) is 0. The van der Waals surface area contributed by atoms with Crippen LogP contribution in [0.2, 0.25) is 0 Å². The Labute approximate surface area is 209 Å². The Kier molecular flexibility index (Phi) is 7.28. The Bertz CT molecular complexity index is 1340. The lowest BCUT2D eigenvalue weighted by Gasteiger charge is -2.26. The lowest BCUT2D eigenvalue weighted by Crippen LogP contribution is -2.43. The SMILES string of the molecule is CCOC(=O)C(C)(C(=O)OCC)c1cccc(Cn2nc(-c3nc(-c4ccccc4)no3)cc2C)c1. The van der Waals surface area contributed by atoms with E-state index in [4.69, 9.17) is 14.0 Å². The second kappa shape index (κ2) is 10.6. The average molecular weight is 489 g/mol. The molecule has 0 N–H and O–H groups in total. The smallest absolute Gasteiger partial charge is 0.327 e. The van der Waals surface area contributed by atoms with Crippen molar-refractivity contribution >= 4 is 11.9 Å². The normalized spacial score (nSPS) is 11.3. The number of aryl methyl sites for hydroxylation is 1. The van der Waals surface area contributed by atoms with Gasteiger partial charge in [0.1, 0.15) is 0 Å². The fourth-order valence-electron chi connectivity index (χ4n) is 3.83. The van der Waals surface area contributed by atoms with E-state index in [-0.39, 0.29) is 13.2 Å². The van der Waals surface area contributed by atoms with Crippen LogP contribution in [0.3, 0.4) is 0 Å². The van der Waals surface area contributed by atoms with Crippen molar-refractivity contribution in [3.8, 4) is 23.0 Å². The van der Waals surface area contributed by atoms with Crippen molar-refractivity contribution < 1.29 is 23.6 Å². The molecule has 0 aliphatic rings. The first-order chi connectivity index (χ1) is 17.4. The lowest BCUT2D eigenvalue weighted by atomic mass is 9.81. The van der Waals surface area contributed by atoms with Crippen LogP contribution < -0.4 is 0 Å². The van der Waals surface area contributed by atoms with E-state index in [1.165, 1.54) is 6.92 Å². The van der Waals surface area contributed by atoms with Crippen molar-refractivity contribution in [1.29, 1.82) is 0 Å². The number of aromatic nitrogens is 4. The maximum absolute atomic E-state index is 12.8. The number of hydrogen-bond acceptors (Lipinski definition) is 8. The highest BCUT2D eigenvalue weighted by Gasteiger charge is 2.46. The van der Waals surface area contributed by atoms with Gasteiger partial charge < -0.3 is 14.0 Å². The van der Waals surface area contributed by atoms with Crippen LogP contribution in [0.5, 0.6) is 0 Å². The molecule has 0 fully saturated rings. The second-order valence-corrected chi connectivity index (χ2v) is 8.38. The first-order valence-electron chi connectivity index (χ1n) is 11.7. The van der Waals surface area contributed by atoms with Gasteiger partial charge in [-0.1, -0.05) is 59.8 Å². The van der Waals surface area contributed by atoms with Gasteiger partial charge in [0.05, 0.1) is 19.8 Å². The molecule has 0 radical (unpaired) electrons. The predicted octanol–water partition coefficient (Wildman–Crippen LogP) is 4.34. The van der Waals surface area contributed by atoms with Gasteiger partial charge in [0.2, 0.25) is 5.82 Å². The third kappa shape index (κ3) is 4.91. The molecule has 36 heavy (non-hydrogen) atoms. The monoisotopic (exact) mass is 488 g/mol. The minimum absolute atomic E-state index is 0.157. The number of hydrogen-bond donors (Lipinski definition) is 0. The molecule has 0 saturated heterocycles. The first-order valence-corrected chi connectivity index (χ1v) is 11.7. The van der Waals surface area contributed by atoms with Gasteiger partial charge in [0.25, 0.3) is 5.89 Å². The van der Waals surface area contributed by atoms with Gasteiger partial charge in [0.15, 0.2) is 11.1 Å². The quantitative estimate of drug-likeness (QED) is 0.253. The van der Waals surface area contributed by atoms with E-state index in [1.54, 1.807) is 36.7 Å². The zero-order valence-corrected chi connectivity index (χ0v) is 20.7. The van der Waals surface area contributed by atoms with Gasteiger partial charge in [-0.05, 0) is 44.9 Å². The average Bonchev–Trinajstić information content (AvgIpc) is 3.52. The number of carbonyl (C=O) groups excluding carboxylic acids is 2. The number of nitrogens with zero attached hydrogens (tertiary/aromatic N) is 4. The van der Waals surface area contributed by atoms with Crippen LogP contribution in [0.1, 0.15) is 37.6 Å². The molecule has 0 spiro atoms. The van der Waals surface area contributed by atoms with E-state index >= 15 is 0 Å². The summed E-state index contributed by atoms with van der Waals surface area (Å²) >= 11 is 0. The van der Waals surface area contributed by atoms with Crippen molar-refractivity contribution in [2.24, 2.45) is 0 Å². The van der Waals surface area contributed by atoms with Crippen LogP contribution >= 0.6 is 0 Å². The highest BCUT2D eigenvalue weighted by atomic mass is 16.6. The number of benzene rings is 2. The van der Waals surface area contributed by atoms with Crippen molar-refractivity contribution in [2.75, 3.05) is 13.2 Å². The summed E-state index contributed by atoms with van der Waals surface area (Å²) in [5, 5.41) is 8.70. The van der Waals surface area contributed by atoms with Crippen molar-refractivity contribution in [2.45, 2.75) is 39.7 Å². The van der Waals surface area contributed by atoms with E-state index < -0.39 is 17.4 Å². The third-order valence-corrected chi connectivity index (χ3v) is 5.86. The molecule has 9 heteroatoms. The zero-order chi connectivity index (χ0) is 25.7. The molecule has 186 valence electrons. The first kappa shape index (κ1) is 24.8. The van der Waals surface area contributed by atoms with Crippen LogP contribution in [0, 0.1) is 6.92 Å². The highest BCUT2D eigenvalue weighted by Crippen LogP contribution is 2.29. The number of esters is 2. The molecule has 0 atom stereocenters. The highest BCUT2D eigenvalue weighted by molar-refractivity contribution is 6.05. The molecule has 2 aromatic carbocycles. The molecule has 0 bridgehead atoms. The minimum atomic E-state index is -1.58. The molecule has 0 amide bonds. The predicted molar refractivity (Wildman–Crippen MR) is 132 cm³/mol. The molecule has 0 aliphatic heterocycles. The molecule has 2 aromatic heterocycles. The Hall–Kier alpha value is -4.27. The zero-order valence-electron chi connectivity index (χ0n) is 20.7. The summed E-state index contributed by atoms with van der Waals surface area (Å²) in [6.45, 7) is 7.57. The largest absolute Gasteiger partial charge is 0.465 e. The van der Waals surface area contributed by atoms with Gasteiger partial charge in [-0.3, -0.25) is 14.3 Å². The second-order valence-electron chi connectivity index (χ2n) is 8.38. The fourth-order valence-corrected chi connectivity index (χ4v) is 3.83. The van der Waals surface area contributed by atoms with Crippen LogP contribution in [-0.4, -0.2) is 45.1 Å². The van der Waals surface area contributed by atoms with Gasteiger partial charge in [-0.15, -0.1) is 0 Å². The van der Waals surface area contributed by atoms with Gasteiger partial charge >= 0.3 is 11.9 Å². The summed E-state index contributed by atoms with van der Waals surface area (Å²) in [5.41, 5.74) is 2.05. The van der Waals surface area contributed by atoms with Crippen LogP contribution in [0.4, 0.5) is 0 Å². The van der Waals surface area contributed by atoms with Crippen LogP contribution in [0.15, 0.2) is 65.2 Å². The van der Waals surface area contributed by atoms with Crippen LogP contribution in [0.25, 0.3) is 23.0 Å². The van der Waals surface area contributed by atoms with E-state index in [9.17, 15) is 9.59 Å². The van der Waals surface area contributed by atoms with Gasteiger partial charge in [-0.25, -0.2) is 0 Å². The topological polar surface area (TPSA) is 109 Å². The Morgan fingerprint density at radius 2 is 1.67 bits per heavy atom. The molecule has 0 unspecified atom stereocenters. The summed E-state index contributed by atoms with van der Waals surface area (Å²) in [6, 6.07) is 18.7. The Morgan fingerprint density at radius 1 is 0.972 bits per heavy atom. The van der Waals surface area contributed by atoms with Crippen molar-refractivity contribution in [1.82, 2.24) is 19.9 Å². The molecule has 0 aliphatic carbocycles. The van der Waals surface area contributed by atoms with Crippen LogP contribution in [-0.2, 0) is 31.0 Å². The summed E-state index contributed by atoms with van der Waals surface area (Å²) in [4.78, 5) is 30.1. The molecule has 4 aromatic rings. The number of ether oxygens (including phenoxy) is 2. The molecule has 2 heterocycles. The molecular formula is C27H28N4O5. The number of carbonyl (C=O) groups is 2. The summed E-state index contributed by atoms with van der Waals surface area (Å²) < 4.78 is 17.7. The maximum atomic E-state index is 12.8.